The average molecular weight is 469 g/mol. The third kappa shape index (κ3) is 6.33. The van der Waals surface area contributed by atoms with E-state index in [1.165, 1.54) is 0 Å². The maximum Gasteiger partial charge on any atom is 0.241 e. The Hall–Kier alpha value is -2.90. The second kappa shape index (κ2) is 10.8. The van der Waals surface area contributed by atoms with Crippen LogP contribution in [0.5, 0.6) is 5.75 Å². The van der Waals surface area contributed by atoms with Gasteiger partial charge in [-0.2, -0.15) is 4.98 Å². The van der Waals surface area contributed by atoms with Gasteiger partial charge in [0.15, 0.2) is 0 Å². The average Bonchev–Trinajstić information content (AvgIpc) is 3.26. The molecule has 3 aromatic rings. The van der Waals surface area contributed by atoms with Gasteiger partial charge in [0.2, 0.25) is 17.6 Å². The minimum atomic E-state index is -0.0696. The maximum absolute atomic E-state index is 12.8. The molecule has 1 atom stereocenters. The highest BCUT2D eigenvalue weighted by Gasteiger charge is 2.27. The number of halogens is 1. The summed E-state index contributed by atoms with van der Waals surface area (Å²) in [7, 11) is 0. The summed E-state index contributed by atoms with van der Waals surface area (Å²) >= 11 is 6.23. The molecule has 4 rings (SSSR count). The van der Waals surface area contributed by atoms with E-state index in [1.807, 2.05) is 56.3 Å². The second-order valence-corrected chi connectivity index (χ2v) is 9.00. The molecular weight excluding hydrogens is 440 g/mol. The van der Waals surface area contributed by atoms with Crippen molar-refractivity contribution in [3.63, 3.8) is 0 Å². The Morgan fingerprint density at radius 1 is 1.27 bits per heavy atom. The molecule has 1 aromatic heterocycles. The Morgan fingerprint density at radius 3 is 2.94 bits per heavy atom. The van der Waals surface area contributed by atoms with Crippen molar-refractivity contribution in [2.45, 2.75) is 45.9 Å². The van der Waals surface area contributed by atoms with E-state index in [2.05, 4.69) is 20.4 Å². The Balaban J connectivity index is 1.30. The van der Waals surface area contributed by atoms with Gasteiger partial charge in [0.25, 0.3) is 0 Å². The fourth-order valence-corrected chi connectivity index (χ4v) is 4.23. The van der Waals surface area contributed by atoms with Crippen LogP contribution in [0.15, 0.2) is 53.1 Å². The molecule has 1 unspecified atom stereocenters. The largest absolute Gasteiger partial charge is 0.491 e. The van der Waals surface area contributed by atoms with E-state index in [-0.39, 0.29) is 17.9 Å². The minimum absolute atomic E-state index is 0.0668. The van der Waals surface area contributed by atoms with E-state index >= 15 is 0 Å². The van der Waals surface area contributed by atoms with Gasteiger partial charge >= 0.3 is 0 Å². The smallest absolute Gasteiger partial charge is 0.241 e. The van der Waals surface area contributed by atoms with Crippen LogP contribution in [0.2, 0.25) is 5.02 Å². The van der Waals surface area contributed by atoms with Crippen molar-refractivity contribution in [3.8, 4) is 17.1 Å². The highest BCUT2D eigenvalue weighted by molar-refractivity contribution is 6.33. The number of hydrogen-bond donors (Lipinski definition) is 1. The van der Waals surface area contributed by atoms with Crippen LogP contribution in [0.4, 0.5) is 0 Å². The zero-order chi connectivity index (χ0) is 23.2. The first-order valence-electron chi connectivity index (χ1n) is 11.3. The highest BCUT2D eigenvalue weighted by Crippen LogP contribution is 2.26. The van der Waals surface area contributed by atoms with Gasteiger partial charge in [0.05, 0.1) is 23.6 Å². The molecule has 1 saturated heterocycles. The molecule has 0 spiro atoms. The topological polar surface area (TPSA) is 80.5 Å². The van der Waals surface area contributed by atoms with Crippen LogP contribution >= 0.6 is 11.6 Å². The first-order valence-corrected chi connectivity index (χ1v) is 11.7. The summed E-state index contributed by atoms with van der Waals surface area (Å²) in [5, 5.41) is 7.73. The number of nitrogens with zero attached hydrogens (tertiary/aromatic N) is 3. The molecule has 1 amide bonds. The lowest BCUT2D eigenvalue weighted by atomic mass is 9.97. The maximum atomic E-state index is 12.8. The number of hydrogen-bond acceptors (Lipinski definition) is 6. The third-order valence-corrected chi connectivity index (χ3v) is 5.88. The first kappa shape index (κ1) is 23.3. The molecule has 7 nitrogen and oxygen atoms in total. The summed E-state index contributed by atoms with van der Waals surface area (Å²) in [4.78, 5) is 19.5. The monoisotopic (exact) mass is 468 g/mol. The van der Waals surface area contributed by atoms with Crippen molar-refractivity contribution < 1.29 is 14.1 Å². The Bertz CT molecular complexity index is 1080. The standard InChI is InChI=1S/C25H29ClN4O3/c1-17(2)32-20-9-5-7-18(13-20)14-27-25(31)19-8-6-12-30(15-19)16-23-28-24(29-33-23)21-10-3-4-11-22(21)26/h3-5,7,9-11,13,17,19H,6,8,12,14-16H2,1-2H3,(H,27,31). The van der Waals surface area contributed by atoms with E-state index in [4.69, 9.17) is 20.9 Å². The zero-order valence-corrected chi connectivity index (χ0v) is 19.7. The lowest BCUT2D eigenvalue weighted by Crippen LogP contribution is -2.42. The number of carbonyl (C=O) groups is 1. The van der Waals surface area contributed by atoms with Crippen LogP contribution < -0.4 is 10.1 Å². The van der Waals surface area contributed by atoms with Gasteiger partial charge in [0, 0.05) is 18.7 Å². The summed E-state index contributed by atoms with van der Waals surface area (Å²) < 4.78 is 11.2. The predicted molar refractivity (Wildman–Crippen MR) is 127 cm³/mol. The number of carbonyl (C=O) groups excluding carboxylic acids is 1. The Labute approximate surface area is 199 Å². The van der Waals surface area contributed by atoms with Crippen molar-refractivity contribution >= 4 is 17.5 Å². The van der Waals surface area contributed by atoms with E-state index in [0.29, 0.717) is 36.4 Å². The van der Waals surface area contributed by atoms with Crippen molar-refractivity contribution in [1.29, 1.82) is 0 Å². The van der Waals surface area contributed by atoms with Crippen LogP contribution in [-0.2, 0) is 17.9 Å². The van der Waals surface area contributed by atoms with Gasteiger partial charge in [-0.1, -0.05) is 41.0 Å². The van der Waals surface area contributed by atoms with Gasteiger partial charge < -0.3 is 14.6 Å². The van der Waals surface area contributed by atoms with E-state index < -0.39 is 0 Å². The molecule has 0 aliphatic carbocycles. The molecule has 0 radical (unpaired) electrons. The van der Waals surface area contributed by atoms with Crippen molar-refractivity contribution in [1.82, 2.24) is 20.4 Å². The molecule has 1 aliphatic heterocycles. The normalized spacial score (nSPS) is 16.7. The van der Waals surface area contributed by atoms with Crippen LogP contribution in [0.3, 0.4) is 0 Å². The van der Waals surface area contributed by atoms with Crippen molar-refractivity contribution in [2.75, 3.05) is 13.1 Å². The third-order valence-electron chi connectivity index (χ3n) is 5.55. The molecular formula is C25H29ClN4O3. The molecule has 2 heterocycles. The van der Waals surface area contributed by atoms with Crippen molar-refractivity contribution in [2.24, 2.45) is 5.92 Å². The highest BCUT2D eigenvalue weighted by atomic mass is 35.5. The zero-order valence-electron chi connectivity index (χ0n) is 19.0. The number of nitrogens with one attached hydrogen (secondary N) is 1. The lowest BCUT2D eigenvalue weighted by Gasteiger charge is -2.30. The summed E-state index contributed by atoms with van der Waals surface area (Å²) in [5.41, 5.74) is 1.76. The molecule has 2 aromatic carbocycles. The Kier molecular flexibility index (Phi) is 7.62. The van der Waals surface area contributed by atoms with E-state index in [1.54, 1.807) is 6.07 Å². The fraction of sp³-hybridized carbons (Fsp3) is 0.400. The SMILES string of the molecule is CC(C)Oc1cccc(CNC(=O)C2CCCN(Cc3nc(-c4ccccc4Cl)no3)C2)c1. The molecule has 33 heavy (non-hydrogen) atoms. The Morgan fingerprint density at radius 2 is 2.12 bits per heavy atom. The molecule has 174 valence electrons. The lowest BCUT2D eigenvalue weighted by molar-refractivity contribution is -0.127. The minimum Gasteiger partial charge on any atom is -0.491 e. The molecule has 8 heteroatoms. The number of ether oxygens (including phenoxy) is 1. The number of benzene rings is 2. The van der Waals surface area contributed by atoms with Gasteiger partial charge in [0.1, 0.15) is 5.75 Å². The van der Waals surface area contributed by atoms with E-state index in [9.17, 15) is 4.79 Å². The number of piperidine rings is 1. The van der Waals surface area contributed by atoms with Crippen LogP contribution in [-0.4, -0.2) is 40.1 Å². The van der Waals surface area contributed by atoms with E-state index in [0.717, 1.165) is 36.3 Å². The number of amides is 1. The number of likely N-dealkylation sites (tertiary alicyclic amines) is 1. The molecule has 1 N–H and O–H groups in total. The molecule has 1 fully saturated rings. The van der Waals surface area contributed by atoms with Gasteiger partial charge in [-0.05, 0) is 63.1 Å². The first-order chi connectivity index (χ1) is 16.0. The van der Waals surface area contributed by atoms with Crippen molar-refractivity contribution in [3.05, 3.63) is 65.0 Å². The fourth-order valence-electron chi connectivity index (χ4n) is 4.01. The van der Waals surface area contributed by atoms with Crippen LogP contribution in [0.1, 0.15) is 38.1 Å². The van der Waals surface area contributed by atoms with Gasteiger partial charge in [-0.15, -0.1) is 0 Å². The van der Waals surface area contributed by atoms with Gasteiger partial charge in [-0.25, -0.2) is 0 Å². The molecule has 0 bridgehead atoms. The number of rotatable bonds is 8. The van der Waals surface area contributed by atoms with Crippen LogP contribution in [0, 0.1) is 5.92 Å². The summed E-state index contributed by atoms with van der Waals surface area (Å²) in [6.45, 7) is 6.53. The van der Waals surface area contributed by atoms with Crippen LogP contribution in [0.25, 0.3) is 11.4 Å². The predicted octanol–water partition coefficient (Wildman–Crippen LogP) is 4.71. The van der Waals surface area contributed by atoms with Gasteiger partial charge in [-0.3, -0.25) is 9.69 Å². The molecule has 1 aliphatic rings. The summed E-state index contributed by atoms with van der Waals surface area (Å²) in [6.07, 6.45) is 1.93. The summed E-state index contributed by atoms with van der Waals surface area (Å²) in [5.74, 6) is 1.81. The summed E-state index contributed by atoms with van der Waals surface area (Å²) in [6, 6.07) is 15.3. The second-order valence-electron chi connectivity index (χ2n) is 8.60. The number of aromatic nitrogens is 2. The quantitative estimate of drug-likeness (QED) is 0.516. The molecule has 0 saturated carbocycles.